The van der Waals surface area contributed by atoms with Crippen LogP contribution in [0, 0.1) is 18.2 Å². The Labute approximate surface area is 134 Å². The predicted molar refractivity (Wildman–Crippen MR) is 87.7 cm³/mol. The number of thioether (sulfide) groups is 1. The highest BCUT2D eigenvalue weighted by Crippen LogP contribution is 2.26. The summed E-state index contributed by atoms with van der Waals surface area (Å²) in [5.74, 6) is 4.15. The largest absolute Gasteiger partial charge is 0.479 e. The average molecular weight is 322 g/mol. The van der Waals surface area contributed by atoms with E-state index in [9.17, 15) is 9.18 Å². The molecule has 0 saturated carbocycles. The van der Waals surface area contributed by atoms with Crippen molar-refractivity contribution >= 4 is 23.4 Å². The number of hydrogen-bond acceptors (Lipinski definition) is 4. The summed E-state index contributed by atoms with van der Waals surface area (Å²) in [6.07, 6.45) is 6.24. The van der Waals surface area contributed by atoms with E-state index in [-0.39, 0.29) is 24.8 Å². The van der Waals surface area contributed by atoms with E-state index in [1.165, 1.54) is 18.2 Å². The Balaban J connectivity index is 1.96. The molecule has 1 saturated heterocycles. The number of amides is 1. The van der Waals surface area contributed by atoms with Crippen LogP contribution in [-0.2, 0) is 4.79 Å². The van der Waals surface area contributed by atoms with Gasteiger partial charge in [0.05, 0.1) is 12.2 Å². The highest BCUT2D eigenvalue weighted by atomic mass is 32.2. The van der Waals surface area contributed by atoms with E-state index < -0.39 is 5.82 Å². The maximum atomic E-state index is 13.3. The van der Waals surface area contributed by atoms with Gasteiger partial charge in [0.25, 0.3) is 0 Å². The van der Waals surface area contributed by atoms with Crippen molar-refractivity contribution in [2.75, 3.05) is 37.0 Å². The number of nitrogens with zero attached hydrogens (tertiary/aromatic N) is 1. The zero-order valence-corrected chi connectivity index (χ0v) is 13.3. The molecule has 0 aliphatic carbocycles. The number of nitrogens with one attached hydrogen (secondary N) is 1. The molecule has 1 N–H and O–H groups in total. The van der Waals surface area contributed by atoms with Crippen LogP contribution in [0.4, 0.5) is 10.1 Å². The van der Waals surface area contributed by atoms with Gasteiger partial charge in [0, 0.05) is 17.9 Å². The number of hydrogen-bond donors (Lipinski definition) is 1. The fraction of sp³-hybridized carbons (Fsp3) is 0.438. The van der Waals surface area contributed by atoms with Crippen molar-refractivity contribution in [2.24, 2.45) is 0 Å². The van der Waals surface area contributed by atoms with Gasteiger partial charge >= 0.3 is 0 Å². The molecule has 1 aromatic rings. The Hall–Kier alpha value is -1.71. The molecule has 0 unspecified atom stereocenters. The number of likely N-dealkylation sites (N-methyl/N-ethyl adjacent to an activating group) is 1. The Morgan fingerprint density at radius 2 is 2.45 bits per heavy atom. The van der Waals surface area contributed by atoms with Gasteiger partial charge in [-0.15, -0.1) is 6.42 Å². The first-order chi connectivity index (χ1) is 10.6. The second-order valence-corrected chi connectivity index (χ2v) is 6.26. The number of terminal acetylenes is 1. The summed E-state index contributed by atoms with van der Waals surface area (Å²) in [4.78, 5) is 14.2. The molecule has 6 heteroatoms. The fourth-order valence-electron chi connectivity index (χ4n) is 2.25. The van der Waals surface area contributed by atoms with Gasteiger partial charge in [-0.05, 0) is 31.4 Å². The minimum absolute atomic E-state index is 0.0194. The van der Waals surface area contributed by atoms with Gasteiger partial charge in [0.1, 0.15) is 18.2 Å². The lowest BCUT2D eigenvalue weighted by Crippen LogP contribution is -2.38. The van der Waals surface area contributed by atoms with Gasteiger partial charge < -0.3 is 10.1 Å². The molecule has 0 bridgehead atoms. The topological polar surface area (TPSA) is 41.6 Å². The SMILES string of the molecule is C#CCOc1cc(F)ccc1NC(=O)CN(C)[C@@H]1CCSC1. The molecule has 1 fully saturated rings. The molecular formula is C16H19FN2O2S. The molecular weight excluding hydrogens is 303 g/mol. The summed E-state index contributed by atoms with van der Waals surface area (Å²) in [7, 11) is 1.94. The Morgan fingerprint density at radius 3 is 3.14 bits per heavy atom. The minimum Gasteiger partial charge on any atom is -0.479 e. The Kier molecular flexibility index (Phi) is 6.10. The maximum absolute atomic E-state index is 13.3. The highest BCUT2D eigenvalue weighted by molar-refractivity contribution is 7.99. The molecule has 1 aliphatic rings. The third-order valence-electron chi connectivity index (χ3n) is 3.45. The predicted octanol–water partition coefficient (Wildman–Crippen LogP) is 2.21. The summed E-state index contributed by atoms with van der Waals surface area (Å²) < 4.78 is 18.5. The van der Waals surface area contributed by atoms with Crippen LogP contribution < -0.4 is 10.1 Å². The molecule has 1 heterocycles. The summed E-state index contributed by atoms with van der Waals surface area (Å²) >= 11 is 1.90. The zero-order valence-electron chi connectivity index (χ0n) is 12.5. The van der Waals surface area contributed by atoms with Crippen LogP contribution in [0.5, 0.6) is 5.75 Å². The minimum atomic E-state index is -0.440. The van der Waals surface area contributed by atoms with Crippen molar-refractivity contribution < 1.29 is 13.9 Å². The van der Waals surface area contributed by atoms with Crippen LogP contribution >= 0.6 is 11.8 Å². The number of rotatable bonds is 6. The Bertz CT molecular complexity index is 568. The van der Waals surface area contributed by atoms with E-state index in [1.807, 2.05) is 23.7 Å². The number of ether oxygens (including phenoxy) is 1. The molecule has 1 atom stereocenters. The molecule has 4 nitrogen and oxygen atoms in total. The van der Waals surface area contributed by atoms with Gasteiger partial charge in [0.2, 0.25) is 5.91 Å². The monoisotopic (exact) mass is 322 g/mol. The summed E-state index contributed by atoms with van der Waals surface area (Å²) in [6, 6.07) is 4.39. The van der Waals surface area contributed by atoms with Crippen LogP contribution in [0.1, 0.15) is 6.42 Å². The average Bonchev–Trinajstić information content (AvgIpc) is 3.01. The third-order valence-corrected chi connectivity index (χ3v) is 4.60. The van der Waals surface area contributed by atoms with Crippen LogP contribution in [0.15, 0.2) is 18.2 Å². The van der Waals surface area contributed by atoms with E-state index in [4.69, 9.17) is 11.2 Å². The first kappa shape index (κ1) is 16.7. The first-order valence-corrected chi connectivity index (χ1v) is 8.19. The van der Waals surface area contributed by atoms with E-state index in [2.05, 4.69) is 11.2 Å². The van der Waals surface area contributed by atoms with Gasteiger partial charge in [-0.25, -0.2) is 4.39 Å². The molecule has 2 rings (SSSR count). The summed E-state index contributed by atoms with van der Waals surface area (Å²) in [5, 5.41) is 2.75. The number of benzene rings is 1. The quantitative estimate of drug-likeness (QED) is 0.816. The van der Waals surface area contributed by atoms with Crippen molar-refractivity contribution in [1.29, 1.82) is 0 Å². The van der Waals surface area contributed by atoms with E-state index >= 15 is 0 Å². The van der Waals surface area contributed by atoms with E-state index in [0.717, 1.165) is 17.9 Å². The Morgan fingerprint density at radius 1 is 1.64 bits per heavy atom. The van der Waals surface area contributed by atoms with Gasteiger partial charge in [-0.1, -0.05) is 5.92 Å². The van der Waals surface area contributed by atoms with Gasteiger partial charge in [0.15, 0.2) is 0 Å². The van der Waals surface area contributed by atoms with E-state index in [0.29, 0.717) is 11.7 Å². The normalized spacial score (nSPS) is 17.3. The second-order valence-electron chi connectivity index (χ2n) is 5.11. The summed E-state index contributed by atoms with van der Waals surface area (Å²) in [5.41, 5.74) is 0.427. The maximum Gasteiger partial charge on any atom is 0.238 e. The van der Waals surface area contributed by atoms with Crippen molar-refractivity contribution in [1.82, 2.24) is 4.90 Å². The van der Waals surface area contributed by atoms with Crippen LogP contribution in [0.3, 0.4) is 0 Å². The number of carbonyl (C=O) groups is 1. The molecule has 1 aliphatic heterocycles. The lowest BCUT2D eigenvalue weighted by atomic mass is 10.2. The fourth-order valence-corrected chi connectivity index (χ4v) is 3.55. The molecule has 0 spiro atoms. The highest BCUT2D eigenvalue weighted by Gasteiger charge is 2.22. The number of anilines is 1. The first-order valence-electron chi connectivity index (χ1n) is 7.04. The van der Waals surface area contributed by atoms with Gasteiger partial charge in [-0.3, -0.25) is 9.69 Å². The lowest BCUT2D eigenvalue weighted by Gasteiger charge is -2.22. The van der Waals surface area contributed by atoms with E-state index in [1.54, 1.807) is 0 Å². The van der Waals surface area contributed by atoms with Crippen LogP contribution in [0.25, 0.3) is 0 Å². The number of halogens is 1. The van der Waals surface area contributed by atoms with Crippen molar-refractivity contribution in [2.45, 2.75) is 12.5 Å². The third kappa shape index (κ3) is 4.65. The zero-order chi connectivity index (χ0) is 15.9. The molecule has 1 aromatic carbocycles. The van der Waals surface area contributed by atoms with Crippen molar-refractivity contribution in [3.63, 3.8) is 0 Å². The lowest BCUT2D eigenvalue weighted by molar-refractivity contribution is -0.117. The van der Waals surface area contributed by atoms with Gasteiger partial charge in [-0.2, -0.15) is 11.8 Å². The number of carbonyl (C=O) groups excluding carboxylic acids is 1. The second kappa shape index (κ2) is 8.06. The summed E-state index contributed by atoms with van der Waals surface area (Å²) in [6.45, 7) is 0.308. The smallest absolute Gasteiger partial charge is 0.238 e. The molecule has 1 amide bonds. The van der Waals surface area contributed by atoms with Crippen LogP contribution in [-0.4, -0.2) is 48.6 Å². The van der Waals surface area contributed by atoms with Crippen molar-refractivity contribution in [3.8, 4) is 18.1 Å². The molecule has 22 heavy (non-hydrogen) atoms. The molecule has 0 aromatic heterocycles. The van der Waals surface area contributed by atoms with Crippen LogP contribution in [0.2, 0.25) is 0 Å². The molecule has 0 radical (unpaired) electrons. The molecule has 118 valence electrons. The van der Waals surface area contributed by atoms with Crippen molar-refractivity contribution in [3.05, 3.63) is 24.0 Å². The standard InChI is InChI=1S/C16H19FN2O2S/c1-3-7-21-15-9-12(17)4-5-14(15)18-16(20)10-19(2)13-6-8-22-11-13/h1,4-5,9,13H,6-8,10-11H2,2H3,(H,18,20)/t13-/m1/s1.